The van der Waals surface area contributed by atoms with E-state index in [1.165, 1.54) is 6.42 Å². The number of aliphatic carboxylic acids is 1. The van der Waals surface area contributed by atoms with Crippen LogP contribution in [0.2, 0.25) is 0 Å². The maximum absolute atomic E-state index is 13.0. The molecule has 0 amide bonds. The van der Waals surface area contributed by atoms with E-state index in [-0.39, 0.29) is 12.2 Å². The number of carbonyl (C=O) groups is 2. The molecule has 1 saturated carbocycles. The van der Waals surface area contributed by atoms with Gasteiger partial charge in [0, 0.05) is 18.3 Å². The number of rotatable bonds is 7. The van der Waals surface area contributed by atoms with E-state index in [2.05, 4.69) is 0 Å². The molecule has 1 aromatic rings. The van der Waals surface area contributed by atoms with Gasteiger partial charge in [-0.25, -0.2) is 0 Å². The lowest BCUT2D eigenvalue weighted by molar-refractivity contribution is -0.139. The Morgan fingerprint density at radius 3 is 2.36 bits per heavy atom. The smallest absolute Gasteiger partial charge is 0.303 e. The van der Waals surface area contributed by atoms with Gasteiger partial charge >= 0.3 is 5.97 Å². The van der Waals surface area contributed by atoms with E-state index in [1.807, 2.05) is 37.3 Å². The van der Waals surface area contributed by atoms with Crippen LogP contribution in [0.5, 0.6) is 0 Å². The van der Waals surface area contributed by atoms with Gasteiger partial charge in [0.2, 0.25) is 0 Å². The van der Waals surface area contributed by atoms with E-state index in [1.54, 1.807) is 0 Å². The first-order valence-corrected chi connectivity index (χ1v) is 8.31. The number of carboxylic acids is 1. The molecule has 1 N–H and O–H groups in total. The zero-order chi connectivity index (χ0) is 16.0. The number of hydrogen-bond donors (Lipinski definition) is 1. The van der Waals surface area contributed by atoms with Gasteiger partial charge in [-0.3, -0.25) is 9.59 Å². The summed E-state index contributed by atoms with van der Waals surface area (Å²) in [7, 11) is 0. The molecule has 0 saturated heterocycles. The van der Waals surface area contributed by atoms with E-state index in [0.29, 0.717) is 18.8 Å². The molecule has 1 aromatic carbocycles. The Bertz CT molecular complexity index is 503. The molecule has 0 aliphatic heterocycles. The van der Waals surface area contributed by atoms with Crippen molar-refractivity contribution >= 4 is 11.8 Å². The first-order valence-electron chi connectivity index (χ1n) is 8.31. The number of Topliss-reactive ketones (excluding diaryl/α,β-unsaturated/α-hetero) is 1. The number of hydrogen-bond acceptors (Lipinski definition) is 2. The first-order chi connectivity index (χ1) is 10.5. The summed E-state index contributed by atoms with van der Waals surface area (Å²) in [5.74, 6) is -0.279. The van der Waals surface area contributed by atoms with E-state index < -0.39 is 11.4 Å². The largest absolute Gasteiger partial charge is 0.481 e. The Morgan fingerprint density at radius 2 is 1.77 bits per heavy atom. The zero-order valence-electron chi connectivity index (χ0n) is 13.4. The summed E-state index contributed by atoms with van der Waals surface area (Å²) < 4.78 is 0. The lowest BCUT2D eigenvalue weighted by Gasteiger charge is -2.39. The third-order valence-corrected chi connectivity index (χ3v) is 5.21. The average molecular weight is 302 g/mol. The first kappa shape index (κ1) is 16.7. The van der Waals surface area contributed by atoms with Gasteiger partial charge in [-0.1, -0.05) is 56.5 Å². The molecule has 1 unspecified atom stereocenters. The van der Waals surface area contributed by atoms with Crippen LogP contribution in [0.1, 0.15) is 57.4 Å². The highest BCUT2D eigenvalue weighted by Crippen LogP contribution is 2.43. The number of benzene rings is 1. The molecule has 2 rings (SSSR count). The van der Waals surface area contributed by atoms with Gasteiger partial charge in [0.1, 0.15) is 5.78 Å². The third-order valence-electron chi connectivity index (χ3n) is 5.21. The van der Waals surface area contributed by atoms with Gasteiger partial charge in [-0.15, -0.1) is 0 Å². The molecule has 0 bridgehead atoms. The Labute approximate surface area is 132 Å². The third kappa shape index (κ3) is 4.19. The summed E-state index contributed by atoms with van der Waals surface area (Å²) in [5, 5.41) is 9.04. The molecule has 1 atom stereocenters. The second-order valence-electron chi connectivity index (χ2n) is 6.73. The van der Waals surface area contributed by atoms with Gasteiger partial charge in [0.15, 0.2) is 0 Å². The summed E-state index contributed by atoms with van der Waals surface area (Å²) in [6.45, 7) is 2.00. The topological polar surface area (TPSA) is 54.4 Å². The average Bonchev–Trinajstić information content (AvgIpc) is 2.54. The van der Waals surface area contributed by atoms with Crippen molar-refractivity contribution in [2.75, 3.05) is 0 Å². The van der Waals surface area contributed by atoms with E-state index >= 15 is 0 Å². The summed E-state index contributed by atoms with van der Waals surface area (Å²) in [5.41, 5.74) is 0.513. The van der Waals surface area contributed by atoms with E-state index in [9.17, 15) is 9.59 Å². The normalized spacial score (nSPS) is 18.6. The molecule has 1 aliphatic carbocycles. The lowest BCUT2D eigenvalue weighted by atomic mass is 9.64. The molecule has 22 heavy (non-hydrogen) atoms. The van der Waals surface area contributed by atoms with Crippen LogP contribution in [-0.2, 0) is 16.0 Å². The molecule has 120 valence electrons. The molecule has 1 fully saturated rings. The number of carboxylic acid groups (broad SMARTS) is 1. The van der Waals surface area contributed by atoms with E-state index in [0.717, 1.165) is 31.2 Å². The second kappa shape index (κ2) is 7.57. The molecule has 0 heterocycles. The SMILES string of the molecule is CC(CCC(=O)O)(C(=O)Cc1ccccc1)C1CCCCC1. The standard InChI is InChI=1S/C19H26O3/c1-19(13-12-18(21)22,16-10-6-3-7-11-16)17(20)14-15-8-4-2-5-9-15/h2,4-5,8-9,16H,3,6-7,10-14H2,1H3,(H,21,22). The highest BCUT2D eigenvalue weighted by atomic mass is 16.4. The van der Waals surface area contributed by atoms with Crippen molar-refractivity contribution in [1.29, 1.82) is 0 Å². The predicted octanol–water partition coefficient (Wildman–Crippen LogP) is 4.25. The second-order valence-corrected chi connectivity index (χ2v) is 6.73. The van der Waals surface area contributed by atoms with Gasteiger partial charge in [-0.05, 0) is 30.7 Å². The van der Waals surface area contributed by atoms with Crippen LogP contribution in [0.15, 0.2) is 30.3 Å². The van der Waals surface area contributed by atoms with Crippen LogP contribution in [0, 0.1) is 11.3 Å². The molecular weight excluding hydrogens is 276 g/mol. The fraction of sp³-hybridized carbons (Fsp3) is 0.579. The van der Waals surface area contributed by atoms with Crippen LogP contribution in [0.3, 0.4) is 0 Å². The summed E-state index contributed by atoms with van der Waals surface area (Å²) in [6.07, 6.45) is 6.60. The van der Waals surface area contributed by atoms with Crippen molar-refractivity contribution in [3.05, 3.63) is 35.9 Å². The number of ketones is 1. The van der Waals surface area contributed by atoms with Crippen molar-refractivity contribution in [3.63, 3.8) is 0 Å². The molecule has 3 heteroatoms. The molecule has 0 aromatic heterocycles. The Kier molecular flexibility index (Phi) is 5.76. The quantitative estimate of drug-likeness (QED) is 0.819. The van der Waals surface area contributed by atoms with Crippen LogP contribution < -0.4 is 0 Å². The van der Waals surface area contributed by atoms with Crippen molar-refractivity contribution in [1.82, 2.24) is 0 Å². The van der Waals surface area contributed by atoms with Gasteiger partial charge in [-0.2, -0.15) is 0 Å². The summed E-state index contributed by atoms with van der Waals surface area (Å²) in [4.78, 5) is 24.0. The molecule has 1 aliphatic rings. The lowest BCUT2D eigenvalue weighted by Crippen LogP contribution is -2.38. The molecular formula is C19H26O3. The zero-order valence-corrected chi connectivity index (χ0v) is 13.4. The minimum Gasteiger partial charge on any atom is -0.481 e. The minimum atomic E-state index is -0.811. The highest BCUT2D eigenvalue weighted by Gasteiger charge is 2.40. The predicted molar refractivity (Wildman–Crippen MR) is 86.7 cm³/mol. The van der Waals surface area contributed by atoms with Crippen molar-refractivity contribution < 1.29 is 14.7 Å². The Balaban J connectivity index is 2.14. The minimum absolute atomic E-state index is 0.0769. The van der Waals surface area contributed by atoms with Crippen LogP contribution >= 0.6 is 0 Å². The van der Waals surface area contributed by atoms with E-state index in [4.69, 9.17) is 5.11 Å². The summed E-state index contributed by atoms with van der Waals surface area (Å²) in [6, 6.07) is 9.77. The maximum Gasteiger partial charge on any atom is 0.303 e. The van der Waals surface area contributed by atoms with Crippen LogP contribution in [0.25, 0.3) is 0 Å². The van der Waals surface area contributed by atoms with Gasteiger partial charge < -0.3 is 5.11 Å². The van der Waals surface area contributed by atoms with Gasteiger partial charge in [0.05, 0.1) is 0 Å². The summed E-state index contributed by atoms with van der Waals surface area (Å²) >= 11 is 0. The molecule has 3 nitrogen and oxygen atoms in total. The maximum atomic E-state index is 13.0. The van der Waals surface area contributed by atoms with Crippen LogP contribution in [0.4, 0.5) is 0 Å². The Hall–Kier alpha value is -1.64. The van der Waals surface area contributed by atoms with Crippen molar-refractivity contribution in [2.45, 2.75) is 58.3 Å². The monoisotopic (exact) mass is 302 g/mol. The number of carbonyl (C=O) groups excluding carboxylic acids is 1. The highest BCUT2D eigenvalue weighted by molar-refractivity contribution is 5.87. The Morgan fingerprint density at radius 1 is 1.14 bits per heavy atom. The van der Waals surface area contributed by atoms with Gasteiger partial charge in [0.25, 0.3) is 0 Å². The van der Waals surface area contributed by atoms with Crippen molar-refractivity contribution in [2.24, 2.45) is 11.3 Å². The van der Waals surface area contributed by atoms with Crippen LogP contribution in [-0.4, -0.2) is 16.9 Å². The fourth-order valence-corrected chi connectivity index (χ4v) is 3.66. The van der Waals surface area contributed by atoms with Crippen molar-refractivity contribution in [3.8, 4) is 0 Å². The fourth-order valence-electron chi connectivity index (χ4n) is 3.66. The molecule has 0 radical (unpaired) electrons. The molecule has 0 spiro atoms.